The number of benzene rings is 2. The number of aromatic nitrogens is 4. The number of nitrogens with zero attached hydrogens (tertiary/aromatic N) is 5. The van der Waals surface area contributed by atoms with Crippen LogP contribution in [0.25, 0.3) is 5.69 Å². The van der Waals surface area contributed by atoms with Crippen LogP contribution >= 0.6 is 0 Å². The highest BCUT2D eigenvalue weighted by molar-refractivity contribution is 7.89. The quantitative estimate of drug-likeness (QED) is 0.646. The number of ether oxygens (including phenoxy) is 1. The lowest BCUT2D eigenvalue weighted by Gasteiger charge is -2.15. The number of tetrazole rings is 1. The maximum absolute atomic E-state index is 12.7. The Kier molecular flexibility index (Phi) is 5.62. The van der Waals surface area contributed by atoms with E-state index in [1.54, 1.807) is 31.2 Å². The van der Waals surface area contributed by atoms with E-state index in [-0.39, 0.29) is 16.2 Å². The van der Waals surface area contributed by atoms with Crippen LogP contribution in [0.3, 0.4) is 0 Å². The molecule has 0 saturated heterocycles. The molecule has 0 aliphatic heterocycles. The largest absolute Gasteiger partial charge is 0.495 e. The fraction of sp³-hybridized carbons (Fsp3) is 0.222. The zero-order valence-corrected chi connectivity index (χ0v) is 17.1. The van der Waals surface area contributed by atoms with E-state index in [2.05, 4.69) is 20.8 Å². The molecule has 0 unspecified atom stereocenters. The van der Waals surface area contributed by atoms with Gasteiger partial charge in [-0.05, 0) is 53.7 Å². The van der Waals surface area contributed by atoms with Gasteiger partial charge in [0.05, 0.1) is 12.8 Å². The van der Waals surface area contributed by atoms with E-state index in [0.29, 0.717) is 17.2 Å². The number of aryl methyl sites for hydroxylation is 1. The van der Waals surface area contributed by atoms with Crippen molar-refractivity contribution < 1.29 is 17.9 Å². The summed E-state index contributed by atoms with van der Waals surface area (Å²) in [5.74, 6) is 0.294. The number of sulfonamides is 1. The number of rotatable bonds is 6. The van der Waals surface area contributed by atoms with Crippen LogP contribution in [0.5, 0.6) is 5.75 Å². The number of carbonyl (C=O) groups is 1. The van der Waals surface area contributed by atoms with Gasteiger partial charge in [0.25, 0.3) is 5.91 Å². The molecule has 10 nitrogen and oxygen atoms in total. The van der Waals surface area contributed by atoms with Crippen LogP contribution < -0.4 is 10.1 Å². The van der Waals surface area contributed by atoms with E-state index in [4.69, 9.17) is 4.74 Å². The Morgan fingerprint density at radius 3 is 2.55 bits per heavy atom. The molecule has 3 aromatic rings. The molecule has 1 aromatic heterocycles. The van der Waals surface area contributed by atoms with E-state index < -0.39 is 15.9 Å². The zero-order valence-electron chi connectivity index (χ0n) is 16.3. The van der Waals surface area contributed by atoms with Crippen molar-refractivity contribution in [3.05, 3.63) is 53.9 Å². The van der Waals surface area contributed by atoms with Gasteiger partial charge in [0.15, 0.2) is 5.82 Å². The lowest BCUT2D eigenvalue weighted by molar-refractivity contribution is 0.102. The van der Waals surface area contributed by atoms with Crippen molar-refractivity contribution in [3.8, 4) is 11.4 Å². The van der Waals surface area contributed by atoms with Crippen molar-refractivity contribution in [2.45, 2.75) is 11.8 Å². The molecule has 0 aliphatic carbocycles. The Morgan fingerprint density at radius 1 is 1.17 bits per heavy atom. The molecule has 0 bridgehead atoms. The van der Waals surface area contributed by atoms with Crippen molar-refractivity contribution in [3.63, 3.8) is 0 Å². The summed E-state index contributed by atoms with van der Waals surface area (Å²) in [4.78, 5) is 12.6. The second-order valence-corrected chi connectivity index (χ2v) is 8.42. The maximum atomic E-state index is 12.7. The third kappa shape index (κ3) is 4.10. The molecule has 0 aliphatic rings. The number of anilines is 1. The number of hydrogen-bond donors (Lipinski definition) is 1. The van der Waals surface area contributed by atoms with E-state index in [1.165, 1.54) is 44.1 Å². The Labute approximate surface area is 168 Å². The fourth-order valence-corrected chi connectivity index (χ4v) is 3.68. The SMILES string of the molecule is COc1ccc(C(=O)Nc2cccc(-n3nnnc3C)c2)cc1S(=O)(=O)N(C)C. The second-order valence-electron chi connectivity index (χ2n) is 6.30. The molecule has 0 radical (unpaired) electrons. The average molecular weight is 416 g/mol. The monoisotopic (exact) mass is 416 g/mol. The topological polar surface area (TPSA) is 119 Å². The van der Waals surface area contributed by atoms with Crippen LogP contribution in [0, 0.1) is 6.92 Å². The van der Waals surface area contributed by atoms with Crippen LogP contribution in [0.4, 0.5) is 5.69 Å². The molecule has 2 aromatic carbocycles. The van der Waals surface area contributed by atoms with Gasteiger partial charge in [-0.25, -0.2) is 12.7 Å². The Hall–Kier alpha value is -3.31. The third-order valence-electron chi connectivity index (χ3n) is 4.16. The molecule has 3 rings (SSSR count). The third-order valence-corrected chi connectivity index (χ3v) is 5.99. The molecule has 1 heterocycles. The van der Waals surface area contributed by atoms with E-state index in [9.17, 15) is 13.2 Å². The minimum atomic E-state index is -3.79. The summed E-state index contributed by atoms with van der Waals surface area (Å²) < 4.78 is 32.8. The first-order chi connectivity index (χ1) is 13.7. The van der Waals surface area contributed by atoms with E-state index >= 15 is 0 Å². The Morgan fingerprint density at radius 2 is 1.93 bits per heavy atom. The van der Waals surface area contributed by atoms with Crippen LogP contribution in [0.15, 0.2) is 47.4 Å². The smallest absolute Gasteiger partial charge is 0.255 e. The molecule has 11 heteroatoms. The number of nitrogens with one attached hydrogen (secondary N) is 1. The van der Waals surface area contributed by atoms with Crippen molar-refractivity contribution in [2.24, 2.45) is 0 Å². The molecule has 0 spiro atoms. The Balaban J connectivity index is 1.91. The summed E-state index contributed by atoms with van der Waals surface area (Å²) in [5.41, 5.74) is 1.36. The highest BCUT2D eigenvalue weighted by Gasteiger charge is 2.24. The minimum Gasteiger partial charge on any atom is -0.495 e. The van der Waals surface area contributed by atoms with E-state index in [1.807, 2.05) is 0 Å². The molecule has 1 amide bonds. The maximum Gasteiger partial charge on any atom is 0.255 e. The van der Waals surface area contributed by atoms with Gasteiger partial charge in [0.2, 0.25) is 10.0 Å². The lowest BCUT2D eigenvalue weighted by Crippen LogP contribution is -2.23. The van der Waals surface area contributed by atoms with Gasteiger partial charge in [-0.15, -0.1) is 5.10 Å². The Bertz CT molecular complexity index is 1160. The predicted octanol–water partition coefficient (Wildman–Crippen LogP) is 1.48. The molecule has 0 saturated carbocycles. The number of methoxy groups -OCH3 is 1. The first-order valence-electron chi connectivity index (χ1n) is 8.51. The number of carbonyl (C=O) groups excluding carboxylic acids is 1. The molecule has 152 valence electrons. The summed E-state index contributed by atoms with van der Waals surface area (Å²) >= 11 is 0. The number of hydrogen-bond acceptors (Lipinski definition) is 7. The van der Waals surface area contributed by atoms with Crippen LogP contribution in [0.1, 0.15) is 16.2 Å². The minimum absolute atomic E-state index is 0.0873. The van der Waals surface area contributed by atoms with Gasteiger partial charge >= 0.3 is 0 Å². The van der Waals surface area contributed by atoms with Gasteiger partial charge < -0.3 is 10.1 Å². The number of amides is 1. The summed E-state index contributed by atoms with van der Waals surface area (Å²) in [6.45, 7) is 1.76. The second kappa shape index (κ2) is 7.97. The van der Waals surface area contributed by atoms with Gasteiger partial charge in [0, 0.05) is 25.3 Å². The fourth-order valence-electron chi connectivity index (χ4n) is 2.61. The lowest BCUT2D eigenvalue weighted by atomic mass is 10.2. The summed E-state index contributed by atoms with van der Waals surface area (Å²) in [6, 6.07) is 11.2. The molecule has 29 heavy (non-hydrogen) atoms. The van der Waals surface area contributed by atoms with Crippen molar-refractivity contribution in [1.29, 1.82) is 0 Å². The molecule has 0 atom stereocenters. The van der Waals surface area contributed by atoms with Crippen molar-refractivity contribution in [2.75, 3.05) is 26.5 Å². The van der Waals surface area contributed by atoms with Crippen LogP contribution in [-0.2, 0) is 10.0 Å². The first kappa shape index (κ1) is 20.4. The van der Waals surface area contributed by atoms with Gasteiger partial charge in [-0.1, -0.05) is 6.07 Å². The predicted molar refractivity (Wildman–Crippen MR) is 106 cm³/mol. The van der Waals surface area contributed by atoms with Gasteiger partial charge in [0.1, 0.15) is 10.6 Å². The highest BCUT2D eigenvalue weighted by Crippen LogP contribution is 2.27. The molecular formula is C18H20N6O4S. The highest BCUT2D eigenvalue weighted by atomic mass is 32.2. The standard InChI is InChI=1S/C18H20N6O4S/c1-12-20-21-22-24(12)15-7-5-6-14(11-15)19-18(25)13-8-9-16(28-4)17(10-13)29(26,27)23(2)3/h5-11H,1-4H3,(H,19,25). The molecule has 1 N–H and O–H groups in total. The first-order valence-corrected chi connectivity index (χ1v) is 9.95. The summed E-state index contributed by atoms with van der Waals surface area (Å²) in [6.07, 6.45) is 0. The van der Waals surface area contributed by atoms with E-state index in [0.717, 1.165) is 4.31 Å². The van der Waals surface area contributed by atoms with Crippen molar-refractivity contribution in [1.82, 2.24) is 24.5 Å². The molecule has 0 fully saturated rings. The normalized spacial score (nSPS) is 11.5. The van der Waals surface area contributed by atoms with Crippen LogP contribution in [-0.4, -0.2) is 60.0 Å². The van der Waals surface area contributed by atoms with Gasteiger partial charge in [-0.3, -0.25) is 4.79 Å². The van der Waals surface area contributed by atoms with Crippen LogP contribution in [0.2, 0.25) is 0 Å². The summed E-state index contributed by atoms with van der Waals surface area (Å²) in [5, 5.41) is 14.1. The summed E-state index contributed by atoms with van der Waals surface area (Å²) in [7, 11) is 0.406. The van der Waals surface area contributed by atoms with Gasteiger partial charge in [-0.2, -0.15) is 4.68 Å². The van der Waals surface area contributed by atoms with Crippen molar-refractivity contribution >= 4 is 21.6 Å². The molecular weight excluding hydrogens is 396 g/mol. The zero-order chi connectivity index (χ0) is 21.2. The average Bonchev–Trinajstić information content (AvgIpc) is 3.13.